The van der Waals surface area contributed by atoms with Gasteiger partial charge in [-0.3, -0.25) is 4.79 Å². The number of rotatable bonds is 6. The molecule has 18 heavy (non-hydrogen) atoms. The van der Waals surface area contributed by atoms with Gasteiger partial charge in [0.1, 0.15) is 5.78 Å². The number of hydrogen-bond donors (Lipinski definition) is 0. The van der Waals surface area contributed by atoms with Gasteiger partial charge in [-0.1, -0.05) is 18.0 Å². The number of ketones is 1. The molecule has 5 heteroatoms. The molecule has 1 unspecified atom stereocenters. The van der Waals surface area contributed by atoms with E-state index in [4.69, 9.17) is 9.26 Å². The molecule has 0 aromatic carbocycles. The van der Waals surface area contributed by atoms with Crippen LogP contribution in [0.3, 0.4) is 0 Å². The van der Waals surface area contributed by atoms with Crippen LogP contribution in [0.2, 0.25) is 0 Å². The summed E-state index contributed by atoms with van der Waals surface area (Å²) in [6.07, 6.45) is 5.30. The third-order valence-electron chi connectivity index (χ3n) is 3.52. The van der Waals surface area contributed by atoms with Gasteiger partial charge >= 0.3 is 0 Å². The summed E-state index contributed by atoms with van der Waals surface area (Å²) in [6, 6.07) is 0. The maximum Gasteiger partial charge on any atom is 0.234 e. The molecule has 2 rings (SSSR count). The lowest BCUT2D eigenvalue weighted by molar-refractivity contribution is -0.122. The topological polar surface area (TPSA) is 65.2 Å². The van der Waals surface area contributed by atoms with E-state index >= 15 is 0 Å². The second-order valence-corrected chi connectivity index (χ2v) is 4.98. The van der Waals surface area contributed by atoms with Crippen LogP contribution in [0.5, 0.6) is 0 Å². The molecule has 1 aliphatic carbocycles. The van der Waals surface area contributed by atoms with Gasteiger partial charge < -0.3 is 9.26 Å². The molecular formula is C13H20N2O3. The first-order valence-corrected chi connectivity index (χ1v) is 6.56. The van der Waals surface area contributed by atoms with Crippen LogP contribution in [0.4, 0.5) is 0 Å². The average molecular weight is 252 g/mol. The normalized spacial score (nSPS) is 18.1. The van der Waals surface area contributed by atoms with E-state index in [1.165, 1.54) is 0 Å². The zero-order chi connectivity index (χ0) is 13.0. The molecule has 0 radical (unpaired) electrons. The summed E-state index contributed by atoms with van der Waals surface area (Å²) >= 11 is 0. The van der Waals surface area contributed by atoms with Crippen LogP contribution < -0.4 is 0 Å². The quantitative estimate of drug-likeness (QED) is 0.774. The van der Waals surface area contributed by atoms with E-state index in [2.05, 4.69) is 10.1 Å². The molecule has 0 saturated heterocycles. The van der Waals surface area contributed by atoms with Gasteiger partial charge in [-0.15, -0.1) is 0 Å². The van der Waals surface area contributed by atoms with E-state index in [0.29, 0.717) is 18.1 Å². The van der Waals surface area contributed by atoms with Crippen LogP contribution in [0.1, 0.15) is 44.3 Å². The molecule has 1 heterocycles. The van der Waals surface area contributed by atoms with Crippen molar-refractivity contribution in [3.63, 3.8) is 0 Å². The smallest absolute Gasteiger partial charge is 0.234 e. The van der Waals surface area contributed by atoms with E-state index < -0.39 is 0 Å². The maximum absolute atomic E-state index is 11.9. The van der Waals surface area contributed by atoms with Crippen LogP contribution in [0.15, 0.2) is 4.52 Å². The molecule has 0 aliphatic heterocycles. The minimum atomic E-state index is 0.0565. The highest BCUT2D eigenvalue weighted by Gasteiger charge is 2.24. The van der Waals surface area contributed by atoms with Gasteiger partial charge in [0.05, 0.1) is 12.5 Å². The summed E-state index contributed by atoms with van der Waals surface area (Å²) in [4.78, 5) is 16.2. The Balaban J connectivity index is 1.87. The number of hydrogen-bond acceptors (Lipinski definition) is 5. The molecular weight excluding hydrogens is 232 g/mol. The van der Waals surface area contributed by atoms with Gasteiger partial charge in [-0.2, -0.15) is 4.98 Å². The van der Waals surface area contributed by atoms with Gasteiger partial charge in [0.2, 0.25) is 5.89 Å². The first-order valence-electron chi connectivity index (χ1n) is 6.56. The number of methoxy groups -OCH3 is 1. The molecule has 0 bridgehead atoms. The van der Waals surface area contributed by atoms with E-state index in [9.17, 15) is 4.79 Å². The van der Waals surface area contributed by atoms with Crippen molar-refractivity contribution < 1.29 is 14.1 Å². The number of nitrogens with zero attached hydrogens (tertiary/aromatic N) is 2. The van der Waals surface area contributed by atoms with Crippen molar-refractivity contribution in [1.29, 1.82) is 0 Å². The van der Waals surface area contributed by atoms with Crippen molar-refractivity contribution >= 4 is 5.78 Å². The van der Waals surface area contributed by atoms with Crippen LogP contribution in [-0.2, 0) is 22.4 Å². The van der Waals surface area contributed by atoms with E-state index in [1.807, 2.05) is 6.92 Å². The maximum atomic E-state index is 11.9. The Kier molecular flexibility index (Phi) is 4.47. The monoisotopic (exact) mass is 252 g/mol. The highest BCUT2D eigenvalue weighted by molar-refractivity contribution is 5.82. The average Bonchev–Trinajstić information content (AvgIpc) is 3.00. The second kappa shape index (κ2) is 6.09. The Bertz CT molecular complexity index is 397. The molecule has 1 fully saturated rings. The predicted octanol–water partition coefficient (Wildman–Crippen LogP) is 1.95. The van der Waals surface area contributed by atoms with Gasteiger partial charge in [0.15, 0.2) is 5.82 Å². The Labute approximate surface area is 107 Å². The number of Topliss-reactive ketones (excluding diaryl/α,β-unsaturated/α-hetero) is 1. The molecule has 1 aliphatic rings. The van der Waals surface area contributed by atoms with Gasteiger partial charge in [-0.05, 0) is 19.8 Å². The Morgan fingerprint density at radius 1 is 1.50 bits per heavy atom. The lowest BCUT2D eigenvalue weighted by Crippen LogP contribution is -2.14. The van der Waals surface area contributed by atoms with Crippen LogP contribution in [0, 0.1) is 5.92 Å². The summed E-state index contributed by atoms with van der Waals surface area (Å²) in [7, 11) is 1.65. The number of ether oxygens (including phenoxy) is 1. The first-order chi connectivity index (χ1) is 8.69. The fourth-order valence-electron chi connectivity index (χ4n) is 2.33. The van der Waals surface area contributed by atoms with E-state index in [1.54, 1.807) is 7.11 Å². The van der Waals surface area contributed by atoms with Gasteiger partial charge in [0.25, 0.3) is 0 Å². The summed E-state index contributed by atoms with van der Waals surface area (Å²) in [5.74, 6) is 1.49. The molecule has 5 nitrogen and oxygen atoms in total. The molecule has 1 saturated carbocycles. The molecule has 0 N–H and O–H groups in total. The number of carbonyl (C=O) groups excluding carboxylic acids is 1. The summed E-state index contributed by atoms with van der Waals surface area (Å²) < 4.78 is 10.2. The molecule has 1 aromatic rings. The van der Waals surface area contributed by atoms with Crippen molar-refractivity contribution in [2.24, 2.45) is 5.92 Å². The van der Waals surface area contributed by atoms with Gasteiger partial charge in [0, 0.05) is 19.4 Å². The predicted molar refractivity (Wildman–Crippen MR) is 65.1 cm³/mol. The summed E-state index contributed by atoms with van der Waals surface area (Å²) in [5.41, 5.74) is 0. The molecule has 100 valence electrons. The zero-order valence-electron chi connectivity index (χ0n) is 11.0. The Hall–Kier alpha value is -1.23. The van der Waals surface area contributed by atoms with Crippen molar-refractivity contribution in [3.8, 4) is 0 Å². The fraction of sp³-hybridized carbons (Fsp3) is 0.769. The molecule has 0 amide bonds. The minimum absolute atomic E-state index is 0.0565. The third kappa shape index (κ3) is 3.38. The Morgan fingerprint density at radius 2 is 2.22 bits per heavy atom. The zero-order valence-corrected chi connectivity index (χ0v) is 11.0. The van der Waals surface area contributed by atoms with Crippen LogP contribution >= 0.6 is 0 Å². The lowest BCUT2D eigenvalue weighted by Gasteiger charge is -2.04. The van der Waals surface area contributed by atoms with E-state index in [-0.39, 0.29) is 24.2 Å². The van der Waals surface area contributed by atoms with Crippen LogP contribution in [-0.4, -0.2) is 29.1 Å². The lowest BCUT2D eigenvalue weighted by atomic mass is 10.0. The second-order valence-electron chi connectivity index (χ2n) is 4.98. The van der Waals surface area contributed by atoms with Crippen molar-refractivity contribution in [2.75, 3.05) is 7.11 Å². The van der Waals surface area contributed by atoms with Crippen LogP contribution in [0.25, 0.3) is 0 Å². The first kappa shape index (κ1) is 13.2. The molecule has 0 spiro atoms. The minimum Gasteiger partial charge on any atom is -0.381 e. The standard InChI is InChI=1S/C13H20N2O3/c1-9(17-2)7-12-14-13(18-15-12)8-11(16)10-5-3-4-6-10/h9-10H,3-8H2,1-2H3. The number of aromatic nitrogens is 2. The SMILES string of the molecule is COC(C)Cc1noc(CC(=O)C2CCCC2)n1. The van der Waals surface area contributed by atoms with Gasteiger partial charge in [-0.25, -0.2) is 0 Å². The fourth-order valence-corrected chi connectivity index (χ4v) is 2.33. The van der Waals surface area contributed by atoms with Crippen molar-refractivity contribution in [1.82, 2.24) is 10.1 Å². The summed E-state index contributed by atoms with van der Waals surface area (Å²) in [5, 5.41) is 3.87. The van der Waals surface area contributed by atoms with Crippen molar-refractivity contribution in [3.05, 3.63) is 11.7 Å². The highest BCUT2D eigenvalue weighted by Crippen LogP contribution is 2.26. The van der Waals surface area contributed by atoms with Crippen molar-refractivity contribution in [2.45, 2.75) is 51.6 Å². The summed E-state index contributed by atoms with van der Waals surface area (Å²) in [6.45, 7) is 1.94. The highest BCUT2D eigenvalue weighted by atomic mass is 16.5. The van der Waals surface area contributed by atoms with E-state index in [0.717, 1.165) is 25.7 Å². The number of carbonyl (C=O) groups is 1. The largest absolute Gasteiger partial charge is 0.381 e. The Morgan fingerprint density at radius 3 is 2.89 bits per heavy atom. The molecule has 1 aromatic heterocycles. The molecule has 1 atom stereocenters. The third-order valence-corrected chi connectivity index (χ3v) is 3.52.